The van der Waals surface area contributed by atoms with Crippen LogP contribution in [0.2, 0.25) is 0 Å². The number of amides is 2. The molecule has 1 atom stereocenters. The molecule has 4 nitrogen and oxygen atoms in total. The summed E-state index contributed by atoms with van der Waals surface area (Å²) in [6.07, 6.45) is -9.61. The van der Waals surface area contributed by atoms with Crippen molar-refractivity contribution in [1.82, 2.24) is 0 Å². The van der Waals surface area contributed by atoms with Crippen LogP contribution in [-0.2, 0) is 28.4 Å². The van der Waals surface area contributed by atoms with E-state index in [4.69, 9.17) is 0 Å². The Morgan fingerprint density at radius 1 is 1.03 bits per heavy atom. The number of nitrogens with zero attached hydrogens (tertiary/aromatic N) is 1. The molecule has 1 fully saturated rings. The second kappa shape index (κ2) is 8.24. The van der Waals surface area contributed by atoms with Crippen LogP contribution in [-0.4, -0.2) is 18.4 Å². The maximum absolute atomic E-state index is 13.0. The maximum Gasteiger partial charge on any atom is 0.416 e. The summed E-state index contributed by atoms with van der Waals surface area (Å²) in [5, 5.41) is 2.11. The molecule has 0 saturated carbocycles. The Hall–Kier alpha value is -3.04. The van der Waals surface area contributed by atoms with Crippen LogP contribution in [0.5, 0.6) is 0 Å². The first-order valence-electron chi connectivity index (χ1n) is 9.38. The highest BCUT2D eigenvalue weighted by Crippen LogP contribution is 2.38. The van der Waals surface area contributed by atoms with Gasteiger partial charge in [-0.05, 0) is 36.2 Å². The van der Waals surface area contributed by atoms with E-state index in [1.165, 1.54) is 4.90 Å². The van der Waals surface area contributed by atoms with Crippen molar-refractivity contribution < 1.29 is 35.9 Å². The smallest absolute Gasteiger partial charge is 0.326 e. The second-order valence-electron chi connectivity index (χ2n) is 7.17. The fourth-order valence-electron chi connectivity index (χ4n) is 3.46. The molecule has 31 heavy (non-hydrogen) atoms. The summed E-state index contributed by atoms with van der Waals surface area (Å²) in [7, 11) is 0. The van der Waals surface area contributed by atoms with Crippen LogP contribution in [0.1, 0.15) is 30.0 Å². The number of rotatable bonds is 4. The predicted molar refractivity (Wildman–Crippen MR) is 101 cm³/mol. The van der Waals surface area contributed by atoms with Crippen LogP contribution >= 0.6 is 0 Å². The number of aryl methyl sites for hydroxylation is 1. The Bertz CT molecular complexity index is 968. The largest absolute Gasteiger partial charge is 0.416 e. The van der Waals surface area contributed by atoms with Gasteiger partial charge < -0.3 is 10.2 Å². The molecule has 2 amide bonds. The summed E-state index contributed by atoms with van der Waals surface area (Å²) in [6, 6.07) is 7.95. The van der Waals surface area contributed by atoms with E-state index in [1.807, 2.05) is 13.0 Å². The highest BCUT2D eigenvalue weighted by atomic mass is 19.4. The maximum atomic E-state index is 13.0. The van der Waals surface area contributed by atoms with Crippen LogP contribution in [0.25, 0.3) is 0 Å². The molecule has 2 aromatic rings. The summed E-state index contributed by atoms with van der Waals surface area (Å²) in [4.78, 5) is 26.4. The van der Waals surface area contributed by atoms with Gasteiger partial charge in [-0.1, -0.05) is 25.1 Å². The number of benzene rings is 2. The molecule has 1 aliphatic heterocycles. The zero-order valence-corrected chi connectivity index (χ0v) is 16.3. The molecule has 166 valence electrons. The molecule has 1 aliphatic rings. The molecule has 0 radical (unpaired) electrons. The number of carbonyl (C=O) groups excluding carboxylic acids is 2. The summed E-state index contributed by atoms with van der Waals surface area (Å²) < 4.78 is 78.0. The van der Waals surface area contributed by atoms with E-state index in [0.717, 1.165) is 5.56 Å². The van der Waals surface area contributed by atoms with Gasteiger partial charge in [0.15, 0.2) is 0 Å². The van der Waals surface area contributed by atoms with Crippen molar-refractivity contribution in [2.75, 3.05) is 16.8 Å². The Kier molecular flexibility index (Phi) is 6.02. The molecule has 1 heterocycles. The lowest BCUT2D eigenvalue weighted by Gasteiger charge is -2.20. The Morgan fingerprint density at radius 2 is 1.61 bits per heavy atom. The monoisotopic (exact) mass is 444 g/mol. The highest BCUT2D eigenvalue weighted by molar-refractivity contribution is 6.03. The van der Waals surface area contributed by atoms with Crippen LogP contribution in [0.15, 0.2) is 42.5 Å². The Morgan fingerprint density at radius 3 is 2.16 bits per heavy atom. The molecule has 1 unspecified atom stereocenters. The lowest BCUT2D eigenvalue weighted by Crippen LogP contribution is -2.29. The number of alkyl halides is 6. The average Bonchev–Trinajstić information content (AvgIpc) is 3.08. The van der Waals surface area contributed by atoms with Gasteiger partial charge >= 0.3 is 12.4 Å². The molecule has 0 aromatic heterocycles. The first-order valence-corrected chi connectivity index (χ1v) is 9.38. The number of hydrogen-bond acceptors (Lipinski definition) is 2. The minimum absolute atomic E-state index is 0.0157. The average molecular weight is 444 g/mol. The molecule has 3 rings (SSSR count). The van der Waals surface area contributed by atoms with E-state index < -0.39 is 41.0 Å². The molecular formula is C21H18F6N2O2. The molecular weight excluding hydrogens is 426 g/mol. The van der Waals surface area contributed by atoms with Crippen molar-refractivity contribution in [3.8, 4) is 0 Å². The van der Waals surface area contributed by atoms with Crippen LogP contribution < -0.4 is 10.2 Å². The van der Waals surface area contributed by atoms with Crippen molar-refractivity contribution in [3.63, 3.8) is 0 Å². The van der Waals surface area contributed by atoms with Crippen molar-refractivity contribution in [2.45, 2.75) is 32.1 Å². The molecule has 1 saturated heterocycles. The van der Waals surface area contributed by atoms with Crippen molar-refractivity contribution in [1.29, 1.82) is 0 Å². The SMILES string of the molecule is CCc1ccccc1N1CC(C(=O)Nc2cc(C(F)(F)F)cc(C(F)(F)F)c2)CC1=O. The minimum Gasteiger partial charge on any atom is -0.326 e. The molecule has 1 N–H and O–H groups in total. The summed E-state index contributed by atoms with van der Waals surface area (Å²) >= 11 is 0. The Balaban J connectivity index is 1.83. The van der Waals surface area contributed by atoms with Gasteiger partial charge in [0.2, 0.25) is 11.8 Å². The van der Waals surface area contributed by atoms with Crippen molar-refractivity contribution in [2.24, 2.45) is 5.92 Å². The molecule has 0 bridgehead atoms. The van der Waals surface area contributed by atoms with Gasteiger partial charge in [-0.2, -0.15) is 26.3 Å². The van der Waals surface area contributed by atoms with Gasteiger partial charge in [-0.3, -0.25) is 9.59 Å². The summed E-state index contributed by atoms with van der Waals surface area (Å²) in [5.74, 6) is -2.08. The number of hydrogen-bond donors (Lipinski definition) is 1. The number of halogens is 6. The van der Waals surface area contributed by atoms with Crippen LogP contribution in [0.4, 0.5) is 37.7 Å². The number of nitrogens with one attached hydrogen (secondary N) is 1. The van der Waals surface area contributed by atoms with Crippen molar-refractivity contribution in [3.05, 3.63) is 59.2 Å². The lowest BCUT2D eigenvalue weighted by molar-refractivity contribution is -0.143. The number of para-hydroxylation sites is 1. The van der Waals surface area contributed by atoms with Crippen LogP contribution in [0.3, 0.4) is 0 Å². The van der Waals surface area contributed by atoms with Gasteiger partial charge in [0, 0.05) is 24.3 Å². The normalized spacial score (nSPS) is 17.2. The third-order valence-corrected chi connectivity index (χ3v) is 5.01. The Labute approximate surface area is 173 Å². The summed E-state index contributed by atoms with van der Waals surface area (Å²) in [5.41, 5.74) is -2.18. The zero-order valence-electron chi connectivity index (χ0n) is 16.3. The van der Waals surface area contributed by atoms with E-state index in [0.29, 0.717) is 24.2 Å². The fraction of sp³-hybridized carbons (Fsp3) is 0.333. The first kappa shape index (κ1) is 22.6. The molecule has 2 aromatic carbocycles. The van der Waals surface area contributed by atoms with Gasteiger partial charge in [0.1, 0.15) is 0 Å². The van der Waals surface area contributed by atoms with Crippen molar-refractivity contribution >= 4 is 23.2 Å². The second-order valence-corrected chi connectivity index (χ2v) is 7.17. The molecule has 10 heteroatoms. The highest BCUT2D eigenvalue weighted by Gasteiger charge is 2.39. The molecule has 0 spiro atoms. The van der Waals surface area contributed by atoms with Gasteiger partial charge in [-0.25, -0.2) is 0 Å². The fourth-order valence-corrected chi connectivity index (χ4v) is 3.46. The minimum atomic E-state index is -5.02. The van der Waals surface area contributed by atoms with Gasteiger partial charge in [0.05, 0.1) is 17.0 Å². The topological polar surface area (TPSA) is 49.4 Å². The van der Waals surface area contributed by atoms with E-state index in [-0.39, 0.29) is 24.9 Å². The summed E-state index contributed by atoms with van der Waals surface area (Å²) in [6.45, 7) is 1.88. The standard InChI is InChI=1S/C21H18F6N2O2/c1-2-12-5-3-4-6-17(12)29-11-13(7-18(29)30)19(31)28-16-9-14(20(22,23)24)8-15(10-16)21(25,26)27/h3-6,8-10,13H,2,7,11H2,1H3,(H,28,31). The third-order valence-electron chi connectivity index (χ3n) is 5.01. The number of anilines is 2. The van der Waals surface area contributed by atoms with E-state index >= 15 is 0 Å². The third kappa shape index (κ3) is 5.00. The predicted octanol–water partition coefficient (Wildman–Crippen LogP) is 5.28. The van der Waals surface area contributed by atoms with Gasteiger partial charge in [-0.15, -0.1) is 0 Å². The first-order chi connectivity index (χ1) is 14.4. The lowest BCUT2D eigenvalue weighted by atomic mass is 10.1. The van der Waals surface area contributed by atoms with E-state index in [9.17, 15) is 35.9 Å². The number of carbonyl (C=O) groups is 2. The quantitative estimate of drug-likeness (QED) is 0.653. The molecule has 0 aliphatic carbocycles. The van der Waals surface area contributed by atoms with E-state index in [1.54, 1.807) is 18.2 Å². The van der Waals surface area contributed by atoms with Crippen LogP contribution in [0, 0.1) is 5.92 Å². The zero-order chi connectivity index (χ0) is 23.0. The van der Waals surface area contributed by atoms with Gasteiger partial charge in [0.25, 0.3) is 0 Å². The van der Waals surface area contributed by atoms with E-state index in [2.05, 4.69) is 5.32 Å².